The van der Waals surface area contributed by atoms with E-state index in [0.717, 1.165) is 23.7 Å². The van der Waals surface area contributed by atoms with E-state index in [0.29, 0.717) is 12.7 Å². The van der Waals surface area contributed by atoms with Gasteiger partial charge in [-0.1, -0.05) is 45.1 Å². The Labute approximate surface area is 138 Å². The zero-order valence-corrected chi connectivity index (χ0v) is 15.1. The van der Waals surface area contributed by atoms with Gasteiger partial charge in [-0.15, -0.1) is 6.58 Å². The van der Waals surface area contributed by atoms with Crippen LogP contribution in [0.25, 0.3) is 0 Å². The van der Waals surface area contributed by atoms with Gasteiger partial charge in [-0.3, -0.25) is 0 Å². The number of hydrogen-bond acceptors (Lipinski definition) is 1. The molecule has 2 aliphatic rings. The number of hydrogen-bond donors (Lipinski definition) is 0. The van der Waals surface area contributed by atoms with Crippen molar-refractivity contribution in [3.8, 4) is 0 Å². The van der Waals surface area contributed by atoms with Gasteiger partial charge in [-0.05, 0) is 69.1 Å². The average Bonchev–Trinajstić information content (AvgIpc) is 2.58. The van der Waals surface area contributed by atoms with Gasteiger partial charge >= 0.3 is 0 Å². The topological polar surface area (TPSA) is 9.23 Å². The molecule has 0 aromatic carbocycles. The van der Waals surface area contributed by atoms with E-state index in [-0.39, 0.29) is 0 Å². The summed E-state index contributed by atoms with van der Waals surface area (Å²) in [5.41, 5.74) is 0. The van der Waals surface area contributed by atoms with Crippen LogP contribution in [-0.4, -0.2) is 12.7 Å². The zero-order valence-electron chi connectivity index (χ0n) is 15.1. The highest BCUT2D eigenvalue weighted by Crippen LogP contribution is 2.43. The van der Waals surface area contributed by atoms with Crippen molar-refractivity contribution in [2.24, 2.45) is 23.7 Å². The maximum absolute atomic E-state index is 5.84. The summed E-state index contributed by atoms with van der Waals surface area (Å²) in [4.78, 5) is 0. The molecule has 2 rings (SSSR count). The first-order valence-electron chi connectivity index (χ1n) is 9.97. The van der Waals surface area contributed by atoms with Crippen LogP contribution in [0.2, 0.25) is 0 Å². The number of rotatable bonds is 8. The van der Waals surface area contributed by atoms with Crippen molar-refractivity contribution in [1.82, 2.24) is 0 Å². The third-order valence-corrected chi connectivity index (χ3v) is 6.48. The lowest BCUT2D eigenvalue weighted by atomic mass is 9.68. The normalized spacial score (nSPS) is 34.3. The molecule has 1 unspecified atom stereocenters. The Morgan fingerprint density at radius 1 is 1.00 bits per heavy atom. The van der Waals surface area contributed by atoms with Crippen LogP contribution in [0, 0.1) is 23.7 Å². The molecule has 1 nitrogen and oxygen atoms in total. The van der Waals surface area contributed by atoms with E-state index in [9.17, 15) is 0 Å². The van der Waals surface area contributed by atoms with Crippen molar-refractivity contribution in [2.45, 2.75) is 90.6 Å². The van der Waals surface area contributed by atoms with Crippen molar-refractivity contribution in [2.75, 3.05) is 6.61 Å². The monoisotopic (exact) mass is 306 g/mol. The fourth-order valence-corrected chi connectivity index (χ4v) is 4.88. The first kappa shape index (κ1) is 18.0. The number of unbranched alkanes of at least 4 members (excludes halogenated alkanes) is 1. The fourth-order valence-electron chi connectivity index (χ4n) is 4.88. The van der Waals surface area contributed by atoms with Crippen LogP contribution < -0.4 is 0 Å². The minimum absolute atomic E-state index is 0.420. The van der Waals surface area contributed by atoms with Gasteiger partial charge in [0, 0.05) is 0 Å². The maximum atomic E-state index is 5.84. The first-order valence-corrected chi connectivity index (χ1v) is 9.97. The molecule has 1 atom stereocenters. The Morgan fingerprint density at radius 3 is 2.14 bits per heavy atom. The molecule has 0 N–H and O–H groups in total. The molecule has 22 heavy (non-hydrogen) atoms. The second-order valence-corrected chi connectivity index (χ2v) is 7.93. The van der Waals surface area contributed by atoms with E-state index in [1.807, 2.05) is 6.08 Å². The molecule has 1 heteroatoms. The number of ether oxygens (including phenoxy) is 1. The second-order valence-electron chi connectivity index (χ2n) is 7.93. The molecule has 0 spiro atoms. The maximum Gasteiger partial charge on any atom is 0.0648 e. The summed E-state index contributed by atoms with van der Waals surface area (Å²) in [5.74, 6) is 3.91. The molecule has 2 saturated carbocycles. The Morgan fingerprint density at radius 2 is 1.59 bits per heavy atom. The molecule has 2 aliphatic carbocycles. The van der Waals surface area contributed by atoms with Gasteiger partial charge in [0.25, 0.3) is 0 Å². The molecule has 0 heterocycles. The van der Waals surface area contributed by atoms with E-state index >= 15 is 0 Å². The van der Waals surface area contributed by atoms with Gasteiger partial charge in [0.15, 0.2) is 0 Å². The molecule has 0 aliphatic heterocycles. The molecule has 128 valence electrons. The minimum atomic E-state index is 0.420. The average molecular weight is 307 g/mol. The van der Waals surface area contributed by atoms with E-state index in [1.54, 1.807) is 0 Å². The van der Waals surface area contributed by atoms with Crippen LogP contribution in [0.4, 0.5) is 0 Å². The Kier molecular flexibility index (Phi) is 8.00. The van der Waals surface area contributed by atoms with Crippen molar-refractivity contribution in [1.29, 1.82) is 0 Å². The van der Waals surface area contributed by atoms with Gasteiger partial charge in [0.2, 0.25) is 0 Å². The third-order valence-electron chi connectivity index (χ3n) is 6.48. The lowest BCUT2D eigenvalue weighted by molar-refractivity contribution is 0.0153. The van der Waals surface area contributed by atoms with Gasteiger partial charge in [0.1, 0.15) is 0 Å². The van der Waals surface area contributed by atoms with Crippen molar-refractivity contribution < 1.29 is 4.74 Å². The molecule has 0 amide bonds. The molecule has 0 saturated heterocycles. The summed E-state index contributed by atoms with van der Waals surface area (Å²) in [6.45, 7) is 9.04. The minimum Gasteiger partial charge on any atom is -0.374 e. The zero-order chi connectivity index (χ0) is 15.8. The third kappa shape index (κ3) is 5.41. The van der Waals surface area contributed by atoms with E-state index in [1.165, 1.54) is 70.6 Å². The summed E-state index contributed by atoms with van der Waals surface area (Å²) in [7, 11) is 0. The highest BCUT2D eigenvalue weighted by Gasteiger charge is 2.32. The molecule has 2 fully saturated rings. The largest absolute Gasteiger partial charge is 0.374 e. The van der Waals surface area contributed by atoms with E-state index in [2.05, 4.69) is 20.4 Å². The van der Waals surface area contributed by atoms with Gasteiger partial charge in [-0.2, -0.15) is 0 Å². The predicted octanol–water partition coefficient (Wildman–Crippen LogP) is 6.38. The van der Waals surface area contributed by atoms with Gasteiger partial charge in [0.05, 0.1) is 12.7 Å². The predicted molar refractivity (Wildman–Crippen MR) is 96.0 cm³/mol. The van der Waals surface area contributed by atoms with Crippen molar-refractivity contribution in [3.63, 3.8) is 0 Å². The fraction of sp³-hybridized carbons (Fsp3) is 0.905. The molecule has 0 aromatic rings. The van der Waals surface area contributed by atoms with Crippen molar-refractivity contribution in [3.05, 3.63) is 12.7 Å². The summed E-state index contributed by atoms with van der Waals surface area (Å²) in [5, 5.41) is 0. The summed E-state index contributed by atoms with van der Waals surface area (Å²) in [6.07, 6.45) is 18.4. The van der Waals surface area contributed by atoms with Crippen molar-refractivity contribution >= 4 is 0 Å². The molecule has 0 radical (unpaired) electrons. The molecule has 0 bridgehead atoms. The quantitative estimate of drug-likeness (QED) is 0.473. The summed E-state index contributed by atoms with van der Waals surface area (Å²) in [6, 6.07) is 0. The highest BCUT2D eigenvalue weighted by atomic mass is 16.5. The summed E-state index contributed by atoms with van der Waals surface area (Å²) < 4.78 is 5.84. The Bertz CT molecular complexity index is 295. The van der Waals surface area contributed by atoms with Crippen LogP contribution in [0.15, 0.2) is 12.7 Å². The molecular weight excluding hydrogens is 268 g/mol. The van der Waals surface area contributed by atoms with Crippen LogP contribution in [0.1, 0.15) is 84.5 Å². The lowest BCUT2D eigenvalue weighted by Gasteiger charge is -2.39. The van der Waals surface area contributed by atoms with Gasteiger partial charge in [-0.25, -0.2) is 0 Å². The van der Waals surface area contributed by atoms with Crippen LogP contribution >= 0.6 is 0 Å². The molecule has 0 aromatic heterocycles. The van der Waals surface area contributed by atoms with Crippen LogP contribution in [0.5, 0.6) is 0 Å². The summed E-state index contributed by atoms with van der Waals surface area (Å²) >= 11 is 0. The van der Waals surface area contributed by atoms with Crippen LogP contribution in [0.3, 0.4) is 0 Å². The SMILES string of the molecule is C=CCOC(C)[C@H]1CC[C@H](C2CCC(CCCC)CC2)CC1. The smallest absolute Gasteiger partial charge is 0.0648 e. The van der Waals surface area contributed by atoms with Gasteiger partial charge < -0.3 is 4.74 Å². The Hall–Kier alpha value is -0.300. The first-order chi connectivity index (χ1) is 10.7. The molecular formula is C21H38O. The highest BCUT2D eigenvalue weighted by molar-refractivity contribution is 4.83. The van der Waals surface area contributed by atoms with E-state index in [4.69, 9.17) is 4.74 Å². The second kappa shape index (κ2) is 9.75. The van der Waals surface area contributed by atoms with E-state index < -0.39 is 0 Å². The Balaban J connectivity index is 1.66. The standard InChI is InChI=1S/C21H38O/c1-4-6-7-18-8-10-20(11-9-18)21-14-12-19(13-15-21)17(3)22-16-5-2/h5,17-21H,2,4,6-16H2,1,3H3/t17?,18?,19-,20?,21-. The van der Waals surface area contributed by atoms with Crippen LogP contribution in [-0.2, 0) is 4.74 Å². The lowest BCUT2D eigenvalue weighted by Crippen LogP contribution is -2.30.